The van der Waals surface area contributed by atoms with E-state index in [0.29, 0.717) is 35.2 Å². The smallest absolute Gasteiger partial charge is 0.258 e. The second-order valence-electron chi connectivity index (χ2n) is 8.25. The fraction of sp³-hybridized carbons (Fsp3) is 0.222. The van der Waals surface area contributed by atoms with E-state index in [1.54, 1.807) is 0 Å². The molecule has 1 aromatic heterocycles. The minimum absolute atomic E-state index is 0.0309. The van der Waals surface area contributed by atoms with Gasteiger partial charge in [0, 0.05) is 33.6 Å². The summed E-state index contributed by atoms with van der Waals surface area (Å²) in [6.07, 6.45) is 0. The first-order valence-corrected chi connectivity index (χ1v) is 11.6. The van der Waals surface area contributed by atoms with E-state index in [1.165, 1.54) is 0 Å². The van der Waals surface area contributed by atoms with Gasteiger partial charge in [0.15, 0.2) is 0 Å². The van der Waals surface area contributed by atoms with Crippen molar-refractivity contribution in [3.63, 3.8) is 0 Å². The first-order valence-electron chi connectivity index (χ1n) is 10.7. The van der Waals surface area contributed by atoms with Crippen molar-refractivity contribution < 1.29 is 4.74 Å². The molecule has 3 nitrogen and oxygen atoms in total. The Morgan fingerprint density at radius 1 is 0.938 bits per heavy atom. The topological polar surface area (TPSA) is 31.2 Å². The van der Waals surface area contributed by atoms with Gasteiger partial charge in [0.2, 0.25) is 0 Å². The number of fused-ring (bicyclic) bond motifs is 1. The van der Waals surface area contributed by atoms with Gasteiger partial charge in [-0.05, 0) is 47.4 Å². The molecular weight excluding hydrogens is 441 g/mol. The Morgan fingerprint density at radius 2 is 1.66 bits per heavy atom. The third-order valence-corrected chi connectivity index (χ3v) is 5.91. The molecule has 1 heterocycles. The van der Waals surface area contributed by atoms with Gasteiger partial charge in [-0.25, -0.2) is 0 Å². The molecule has 5 heteroatoms. The van der Waals surface area contributed by atoms with Crippen LogP contribution in [0.2, 0.25) is 5.02 Å². The van der Waals surface area contributed by atoms with Crippen LogP contribution in [0.15, 0.2) is 77.6 Å². The zero-order chi connectivity index (χ0) is 22.7. The molecule has 0 fully saturated rings. The van der Waals surface area contributed by atoms with E-state index >= 15 is 0 Å². The Bertz CT molecular complexity index is 1280. The molecule has 0 saturated heterocycles. The number of ether oxygens (including phenoxy) is 1. The Labute approximate surface area is 198 Å². The molecule has 0 aliphatic rings. The zero-order valence-electron chi connectivity index (χ0n) is 18.1. The minimum Gasteiger partial charge on any atom is -0.489 e. The van der Waals surface area contributed by atoms with Gasteiger partial charge in [-0.1, -0.05) is 67.9 Å². The Balaban J connectivity index is 1.90. The minimum atomic E-state index is -0.0309. The summed E-state index contributed by atoms with van der Waals surface area (Å²) in [7, 11) is 0. The van der Waals surface area contributed by atoms with Crippen LogP contribution >= 0.6 is 23.2 Å². The van der Waals surface area contributed by atoms with Gasteiger partial charge in [-0.15, -0.1) is 11.6 Å². The third-order valence-electron chi connectivity index (χ3n) is 5.41. The van der Waals surface area contributed by atoms with Gasteiger partial charge in [0.05, 0.1) is 5.88 Å². The van der Waals surface area contributed by atoms with Crippen LogP contribution in [-0.4, -0.2) is 4.57 Å². The van der Waals surface area contributed by atoms with E-state index in [9.17, 15) is 4.79 Å². The summed E-state index contributed by atoms with van der Waals surface area (Å²) in [4.78, 5) is 13.4. The average Bonchev–Trinajstić information content (AvgIpc) is 2.80. The molecule has 0 aliphatic carbocycles. The summed E-state index contributed by atoms with van der Waals surface area (Å²) in [5.74, 6) is 1.24. The molecule has 0 saturated carbocycles. The lowest BCUT2D eigenvalue weighted by Crippen LogP contribution is -2.26. The third kappa shape index (κ3) is 4.69. The summed E-state index contributed by atoms with van der Waals surface area (Å²) in [5.41, 5.74) is 3.77. The first kappa shape index (κ1) is 22.4. The molecule has 32 heavy (non-hydrogen) atoms. The van der Waals surface area contributed by atoms with E-state index in [2.05, 4.69) is 13.8 Å². The second-order valence-corrected chi connectivity index (χ2v) is 8.96. The highest BCUT2D eigenvalue weighted by molar-refractivity contribution is 6.30. The van der Waals surface area contributed by atoms with Crippen LogP contribution in [0.25, 0.3) is 21.9 Å². The quantitative estimate of drug-likeness (QED) is 0.268. The number of alkyl halides is 1. The lowest BCUT2D eigenvalue weighted by atomic mass is 9.96. The highest BCUT2D eigenvalue weighted by Crippen LogP contribution is 2.34. The zero-order valence-corrected chi connectivity index (χ0v) is 19.7. The van der Waals surface area contributed by atoms with Crippen molar-refractivity contribution >= 4 is 34.0 Å². The molecule has 0 bridgehead atoms. The van der Waals surface area contributed by atoms with Crippen LogP contribution in [0.4, 0.5) is 0 Å². The van der Waals surface area contributed by atoms with Crippen LogP contribution in [0.1, 0.15) is 25.1 Å². The maximum atomic E-state index is 13.4. The van der Waals surface area contributed by atoms with E-state index < -0.39 is 0 Å². The summed E-state index contributed by atoms with van der Waals surface area (Å²) < 4.78 is 7.87. The highest BCUT2D eigenvalue weighted by Gasteiger charge is 2.19. The molecule has 4 rings (SSSR count). The van der Waals surface area contributed by atoms with Gasteiger partial charge < -0.3 is 9.30 Å². The molecule has 0 amide bonds. The van der Waals surface area contributed by atoms with Crippen LogP contribution in [0.5, 0.6) is 5.75 Å². The number of rotatable bonds is 7. The largest absolute Gasteiger partial charge is 0.489 e. The van der Waals surface area contributed by atoms with Crippen molar-refractivity contribution in [2.75, 3.05) is 0 Å². The van der Waals surface area contributed by atoms with Crippen LogP contribution in [0, 0.1) is 5.92 Å². The maximum absolute atomic E-state index is 13.4. The van der Waals surface area contributed by atoms with Crippen molar-refractivity contribution in [2.45, 2.75) is 32.9 Å². The molecule has 3 aromatic carbocycles. The molecule has 0 N–H and O–H groups in total. The standard InChI is InChI=1S/C27H25Cl2NO2/c1-18(2)16-30-25(15-28)26(20-8-10-21(29)11-9-20)24-14-22(12-13-23(24)27(30)31)32-17-19-6-4-3-5-7-19/h3-14,18H,15-17H2,1-2H3. The van der Waals surface area contributed by atoms with Crippen LogP contribution < -0.4 is 10.3 Å². The van der Waals surface area contributed by atoms with Crippen molar-refractivity contribution in [1.29, 1.82) is 0 Å². The van der Waals surface area contributed by atoms with Crippen molar-refractivity contribution in [1.82, 2.24) is 4.57 Å². The van der Waals surface area contributed by atoms with E-state index in [0.717, 1.165) is 27.8 Å². The number of benzene rings is 3. The lowest BCUT2D eigenvalue weighted by molar-refractivity contribution is 0.306. The molecule has 0 aliphatic heterocycles. The fourth-order valence-corrected chi connectivity index (χ4v) is 4.35. The predicted molar refractivity (Wildman–Crippen MR) is 134 cm³/mol. The van der Waals surface area contributed by atoms with Crippen molar-refractivity contribution in [3.05, 3.63) is 99.4 Å². The summed E-state index contributed by atoms with van der Waals surface area (Å²) in [6, 6.07) is 23.3. The van der Waals surface area contributed by atoms with E-state index in [-0.39, 0.29) is 11.4 Å². The normalized spacial score (nSPS) is 11.3. The molecule has 4 aromatic rings. The van der Waals surface area contributed by atoms with Crippen molar-refractivity contribution in [2.24, 2.45) is 5.92 Å². The fourth-order valence-electron chi connectivity index (χ4n) is 3.94. The number of hydrogen-bond donors (Lipinski definition) is 0. The van der Waals surface area contributed by atoms with Gasteiger partial charge in [-0.3, -0.25) is 4.79 Å². The van der Waals surface area contributed by atoms with Crippen LogP contribution in [-0.2, 0) is 19.0 Å². The summed E-state index contributed by atoms with van der Waals surface area (Å²) in [6.45, 7) is 5.24. The van der Waals surface area contributed by atoms with E-state index in [1.807, 2.05) is 77.4 Å². The van der Waals surface area contributed by atoms with Gasteiger partial charge in [0.1, 0.15) is 12.4 Å². The number of nitrogens with zero attached hydrogens (tertiary/aromatic N) is 1. The molecule has 164 valence electrons. The number of pyridine rings is 1. The highest BCUT2D eigenvalue weighted by atomic mass is 35.5. The summed E-state index contributed by atoms with van der Waals surface area (Å²) in [5, 5.41) is 2.14. The Morgan fingerprint density at radius 3 is 2.31 bits per heavy atom. The van der Waals surface area contributed by atoms with Gasteiger partial charge in [-0.2, -0.15) is 0 Å². The lowest BCUT2D eigenvalue weighted by Gasteiger charge is -2.20. The Hall–Kier alpha value is -2.75. The number of hydrogen-bond acceptors (Lipinski definition) is 2. The summed E-state index contributed by atoms with van der Waals surface area (Å²) >= 11 is 12.6. The Kier molecular flexibility index (Phi) is 6.88. The monoisotopic (exact) mass is 465 g/mol. The predicted octanol–water partition coefficient (Wildman–Crippen LogP) is 7.30. The number of halogens is 2. The number of aromatic nitrogens is 1. The maximum Gasteiger partial charge on any atom is 0.258 e. The molecular formula is C27H25Cl2NO2. The van der Waals surface area contributed by atoms with E-state index in [4.69, 9.17) is 27.9 Å². The molecule has 0 radical (unpaired) electrons. The second kappa shape index (κ2) is 9.81. The van der Waals surface area contributed by atoms with Gasteiger partial charge in [0.25, 0.3) is 5.56 Å². The van der Waals surface area contributed by atoms with Crippen molar-refractivity contribution in [3.8, 4) is 16.9 Å². The molecule has 0 unspecified atom stereocenters. The molecule has 0 spiro atoms. The first-order chi connectivity index (χ1) is 15.5. The average molecular weight is 466 g/mol. The van der Waals surface area contributed by atoms with Crippen LogP contribution in [0.3, 0.4) is 0 Å². The SMILES string of the molecule is CC(C)Cn1c(CCl)c(-c2ccc(Cl)cc2)c2cc(OCc3ccccc3)ccc2c1=O. The molecule has 0 atom stereocenters. The van der Waals surface area contributed by atoms with Gasteiger partial charge >= 0.3 is 0 Å².